The lowest BCUT2D eigenvalue weighted by Crippen LogP contribution is -2.50. The Kier molecular flexibility index (Phi) is 3.87. The minimum Gasteiger partial charge on any atom is -0.388 e. The summed E-state index contributed by atoms with van der Waals surface area (Å²) in [6.07, 6.45) is 4.38. The van der Waals surface area contributed by atoms with Gasteiger partial charge in [-0.2, -0.15) is 0 Å². The van der Waals surface area contributed by atoms with Gasteiger partial charge in [0, 0.05) is 17.6 Å². The van der Waals surface area contributed by atoms with Crippen LogP contribution in [0.4, 0.5) is 4.79 Å². The van der Waals surface area contributed by atoms with Crippen molar-refractivity contribution < 1.29 is 9.90 Å². The third kappa shape index (κ3) is 3.20. The van der Waals surface area contributed by atoms with Gasteiger partial charge >= 0.3 is 6.03 Å². The molecule has 6 heteroatoms. The van der Waals surface area contributed by atoms with Crippen LogP contribution >= 0.6 is 11.3 Å². The Morgan fingerprint density at radius 2 is 2.39 bits per heavy atom. The zero-order valence-electron chi connectivity index (χ0n) is 10.7. The molecule has 1 fully saturated rings. The summed E-state index contributed by atoms with van der Waals surface area (Å²) in [5.74, 6) is 0. The first-order valence-electron chi connectivity index (χ1n) is 6.18. The van der Waals surface area contributed by atoms with Gasteiger partial charge in [-0.1, -0.05) is 0 Å². The lowest BCUT2D eigenvalue weighted by Gasteiger charge is -2.36. The molecule has 1 heterocycles. The van der Waals surface area contributed by atoms with Crippen molar-refractivity contribution in [2.75, 3.05) is 6.54 Å². The zero-order chi connectivity index (χ0) is 13.2. The van der Waals surface area contributed by atoms with E-state index in [2.05, 4.69) is 15.6 Å². The van der Waals surface area contributed by atoms with Gasteiger partial charge in [0.05, 0.1) is 11.6 Å². The van der Waals surface area contributed by atoms with Crippen LogP contribution in [0.1, 0.15) is 42.1 Å². The van der Waals surface area contributed by atoms with Crippen LogP contribution in [0.5, 0.6) is 0 Å². The number of aliphatic hydroxyl groups is 1. The fourth-order valence-corrected chi connectivity index (χ4v) is 2.66. The predicted molar refractivity (Wildman–Crippen MR) is 70.6 cm³/mol. The first kappa shape index (κ1) is 13.3. The highest BCUT2D eigenvalue weighted by atomic mass is 32.1. The molecule has 0 aliphatic heterocycles. The molecule has 0 saturated heterocycles. The van der Waals surface area contributed by atoms with Gasteiger partial charge in [0.2, 0.25) is 0 Å². The Morgan fingerprint density at radius 3 is 2.89 bits per heavy atom. The Hall–Kier alpha value is -1.14. The smallest absolute Gasteiger partial charge is 0.315 e. The maximum absolute atomic E-state index is 11.7. The first-order valence-corrected chi connectivity index (χ1v) is 6.99. The van der Waals surface area contributed by atoms with E-state index >= 15 is 0 Å². The number of aryl methyl sites for hydroxylation is 1. The maximum atomic E-state index is 11.7. The molecule has 0 bridgehead atoms. The number of nitrogens with one attached hydrogen (secondary N) is 2. The van der Waals surface area contributed by atoms with Crippen molar-refractivity contribution >= 4 is 17.4 Å². The summed E-state index contributed by atoms with van der Waals surface area (Å²) in [5.41, 5.74) is -0.682. The van der Waals surface area contributed by atoms with E-state index in [0.29, 0.717) is 6.54 Å². The lowest BCUT2D eigenvalue weighted by atomic mass is 9.80. The number of urea groups is 1. The van der Waals surface area contributed by atoms with Crippen molar-refractivity contribution in [2.24, 2.45) is 0 Å². The topological polar surface area (TPSA) is 74.2 Å². The van der Waals surface area contributed by atoms with Gasteiger partial charge in [-0.25, -0.2) is 9.78 Å². The SMILES string of the molecule is Cc1cnc(C(C)NC(=O)NCC2(O)CCC2)s1. The van der Waals surface area contributed by atoms with Crippen molar-refractivity contribution in [3.8, 4) is 0 Å². The summed E-state index contributed by atoms with van der Waals surface area (Å²) >= 11 is 1.57. The molecule has 3 N–H and O–H groups in total. The zero-order valence-corrected chi connectivity index (χ0v) is 11.5. The molecule has 0 aromatic carbocycles. The van der Waals surface area contributed by atoms with Crippen LogP contribution in [0.3, 0.4) is 0 Å². The Bertz CT molecular complexity index is 429. The van der Waals surface area contributed by atoms with E-state index < -0.39 is 5.60 Å². The molecule has 2 rings (SSSR count). The molecule has 100 valence electrons. The van der Waals surface area contributed by atoms with E-state index in [-0.39, 0.29) is 12.1 Å². The van der Waals surface area contributed by atoms with Crippen molar-refractivity contribution in [2.45, 2.75) is 44.8 Å². The molecular formula is C12H19N3O2S. The number of thiazole rings is 1. The molecule has 2 amide bonds. The van der Waals surface area contributed by atoms with Crippen molar-refractivity contribution in [1.29, 1.82) is 0 Å². The highest BCUT2D eigenvalue weighted by Gasteiger charge is 2.34. The summed E-state index contributed by atoms with van der Waals surface area (Å²) < 4.78 is 0. The van der Waals surface area contributed by atoms with Crippen LogP contribution in [-0.4, -0.2) is 28.3 Å². The largest absolute Gasteiger partial charge is 0.388 e. The van der Waals surface area contributed by atoms with Crippen molar-refractivity contribution in [3.63, 3.8) is 0 Å². The van der Waals surface area contributed by atoms with E-state index in [1.54, 1.807) is 17.5 Å². The van der Waals surface area contributed by atoms with Gasteiger partial charge in [0.15, 0.2) is 0 Å². The number of amides is 2. The Labute approximate surface area is 111 Å². The van der Waals surface area contributed by atoms with E-state index in [4.69, 9.17) is 0 Å². The number of carbonyl (C=O) groups excluding carboxylic acids is 1. The fraction of sp³-hybridized carbons (Fsp3) is 0.667. The summed E-state index contributed by atoms with van der Waals surface area (Å²) in [6, 6.07) is -0.365. The molecular weight excluding hydrogens is 250 g/mol. The van der Waals surface area contributed by atoms with Gasteiger partial charge in [0.1, 0.15) is 5.01 Å². The monoisotopic (exact) mass is 269 g/mol. The minimum atomic E-state index is -0.682. The second-order valence-electron chi connectivity index (χ2n) is 4.94. The summed E-state index contributed by atoms with van der Waals surface area (Å²) in [6.45, 7) is 4.21. The Morgan fingerprint density at radius 1 is 1.67 bits per heavy atom. The molecule has 1 aromatic rings. The van der Waals surface area contributed by atoms with Crippen LogP contribution in [0.2, 0.25) is 0 Å². The lowest BCUT2D eigenvalue weighted by molar-refractivity contribution is -0.0290. The van der Waals surface area contributed by atoms with E-state index in [0.717, 1.165) is 29.1 Å². The van der Waals surface area contributed by atoms with Gasteiger partial charge in [-0.15, -0.1) is 11.3 Å². The van der Waals surface area contributed by atoms with Gasteiger partial charge < -0.3 is 15.7 Å². The first-order chi connectivity index (χ1) is 8.48. The average Bonchev–Trinajstić information content (AvgIpc) is 2.70. The molecule has 5 nitrogen and oxygen atoms in total. The molecule has 1 saturated carbocycles. The van der Waals surface area contributed by atoms with Gasteiger partial charge in [-0.05, 0) is 33.1 Å². The third-order valence-corrected chi connectivity index (χ3v) is 4.31. The van der Waals surface area contributed by atoms with Gasteiger partial charge in [-0.3, -0.25) is 0 Å². The predicted octanol–water partition coefficient (Wildman–Crippen LogP) is 1.73. The Balaban J connectivity index is 1.76. The van der Waals surface area contributed by atoms with Crippen LogP contribution in [0.25, 0.3) is 0 Å². The summed E-state index contributed by atoms with van der Waals surface area (Å²) in [5, 5.41) is 16.3. The molecule has 1 aliphatic carbocycles. The van der Waals surface area contributed by atoms with E-state index in [9.17, 15) is 9.90 Å². The molecule has 1 atom stereocenters. The second-order valence-corrected chi connectivity index (χ2v) is 6.20. The molecule has 18 heavy (non-hydrogen) atoms. The van der Waals surface area contributed by atoms with E-state index in [1.807, 2.05) is 13.8 Å². The molecule has 1 unspecified atom stereocenters. The van der Waals surface area contributed by atoms with Crippen molar-refractivity contribution in [3.05, 3.63) is 16.1 Å². The number of rotatable bonds is 4. The molecule has 0 radical (unpaired) electrons. The summed E-state index contributed by atoms with van der Waals surface area (Å²) in [4.78, 5) is 17.0. The molecule has 1 aromatic heterocycles. The molecule has 0 spiro atoms. The van der Waals surface area contributed by atoms with Crippen molar-refractivity contribution in [1.82, 2.24) is 15.6 Å². The van der Waals surface area contributed by atoms with E-state index in [1.165, 1.54) is 0 Å². The van der Waals surface area contributed by atoms with Gasteiger partial charge in [0.25, 0.3) is 0 Å². The normalized spacial score (nSPS) is 18.8. The second kappa shape index (κ2) is 5.24. The van der Waals surface area contributed by atoms with Crippen LogP contribution < -0.4 is 10.6 Å². The number of hydrogen-bond acceptors (Lipinski definition) is 4. The molecule has 1 aliphatic rings. The maximum Gasteiger partial charge on any atom is 0.315 e. The summed E-state index contributed by atoms with van der Waals surface area (Å²) in [7, 11) is 0. The van der Waals surface area contributed by atoms with Crippen LogP contribution in [0, 0.1) is 6.92 Å². The fourth-order valence-electron chi connectivity index (χ4n) is 1.89. The number of aromatic nitrogens is 1. The number of carbonyl (C=O) groups is 1. The number of nitrogens with zero attached hydrogens (tertiary/aromatic N) is 1. The highest BCUT2D eigenvalue weighted by molar-refractivity contribution is 7.11. The average molecular weight is 269 g/mol. The quantitative estimate of drug-likeness (QED) is 0.779. The van der Waals surface area contributed by atoms with Crippen LogP contribution in [-0.2, 0) is 0 Å². The number of hydrogen-bond donors (Lipinski definition) is 3. The highest BCUT2D eigenvalue weighted by Crippen LogP contribution is 2.30. The third-order valence-electron chi connectivity index (χ3n) is 3.22. The van der Waals surface area contributed by atoms with Crippen LogP contribution in [0.15, 0.2) is 6.20 Å². The minimum absolute atomic E-state index is 0.111. The standard InChI is InChI=1S/C12H19N3O2S/c1-8-6-13-10(18-8)9(2)15-11(16)14-7-12(17)4-3-5-12/h6,9,17H,3-5,7H2,1-2H3,(H2,14,15,16).